The number of likely N-dealkylation sites (N-methyl/N-ethyl adjacent to an activating group) is 1. The number of aromatic amines is 1. The molecule has 4 atom stereocenters. The molecule has 4 rings (SSSR count). The Morgan fingerprint density at radius 3 is 1.85 bits per heavy atom. The molecule has 9 N–H and O–H groups in total. The predicted octanol–water partition coefficient (Wildman–Crippen LogP) is 0.197. The van der Waals surface area contributed by atoms with Crippen molar-refractivity contribution in [2.24, 2.45) is 0 Å². The quantitative estimate of drug-likeness (QED) is 0.0675. The number of aromatic hydroxyl groups is 1. The monoisotopic (exact) mass is 741 g/mol. The number of phenols is 1. The second kappa shape index (κ2) is 19.2. The molecule has 0 aliphatic rings. The van der Waals surface area contributed by atoms with Gasteiger partial charge in [-0.05, 0) is 34.9 Å². The van der Waals surface area contributed by atoms with E-state index in [2.05, 4.69) is 36.9 Å². The van der Waals surface area contributed by atoms with Gasteiger partial charge in [-0.3, -0.25) is 33.6 Å². The molecule has 1 heterocycles. The number of carboxylic acid groups (broad SMARTS) is 1. The third kappa shape index (κ3) is 11.9. The van der Waals surface area contributed by atoms with Crippen LogP contribution in [-0.2, 0) is 52.8 Å². The molecule has 0 saturated carbocycles. The number of H-pyrrole nitrogens is 1. The number of aliphatic carboxylic acids is 1. The molecule has 16 nitrogen and oxygen atoms in total. The highest BCUT2D eigenvalue weighted by Gasteiger charge is 2.31. The summed E-state index contributed by atoms with van der Waals surface area (Å²) >= 11 is 0. The number of fused-ring (bicyclic) bond motifs is 1. The highest BCUT2D eigenvalue weighted by Crippen LogP contribution is 2.19. The number of carboxylic acids is 1. The zero-order valence-corrected chi connectivity index (χ0v) is 29.7. The van der Waals surface area contributed by atoms with Gasteiger partial charge in [0.15, 0.2) is 0 Å². The highest BCUT2D eigenvalue weighted by molar-refractivity contribution is 5.96. The average Bonchev–Trinajstić information content (AvgIpc) is 3.55. The maximum atomic E-state index is 13.9. The van der Waals surface area contributed by atoms with Crippen LogP contribution in [-0.4, -0.2) is 94.4 Å². The van der Waals surface area contributed by atoms with Gasteiger partial charge in [-0.1, -0.05) is 60.7 Å². The van der Waals surface area contributed by atoms with Gasteiger partial charge >= 0.3 is 5.97 Å². The van der Waals surface area contributed by atoms with E-state index in [0.29, 0.717) is 11.1 Å². The van der Waals surface area contributed by atoms with Gasteiger partial charge in [0.2, 0.25) is 35.4 Å². The minimum atomic E-state index is -1.51. The van der Waals surface area contributed by atoms with Gasteiger partial charge in [0.05, 0.1) is 13.0 Å². The molecule has 0 radical (unpaired) electrons. The third-order valence-corrected chi connectivity index (χ3v) is 8.42. The van der Waals surface area contributed by atoms with E-state index < -0.39 is 78.5 Å². The molecule has 1 aromatic heterocycles. The first-order valence-corrected chi connectivity index (χ1v) is 17.1. The molecule has 284 valence electrons. The summed E-state index contributed by atoms with van der Waals surface area (Å²) in [5.41, 5.74) is 2.83. The van der Waals surface area contributed by atoms with Crippen molar-refractivity contribution in [2.75, 3.05) is 13.6 Å². The van der Waals surface area contributed by atoms with Crippen LogP contribution in [0.4, 0.5) is 0 Å². The Bertz CT molecular complexity index is 1950. The molecule has 0 spiro atoms. The Morgan fingerprint density at radius 1 is 0.648 bits per heavy atom. The normalized spacial score (nSPS) is 13.0. The van der Waals surface area contributed by atoms with Crippen LogP contribution in [0.1, 0.15) is 30.0 Å². The summed E-state index contributed by atoms with van der Waals surface area (Å²) in [6.07, 6.45) is 1.00. The van der Waals surface area contributed by atoms with E-state index in [9.17, 15) is 43.8 Å². The van der Waals surface area contributed by atoms with Crippen molar-refractivity contribution in [1.29, 1.82) is 0 Å². The van der Waals surface area contributed by atoms with Crippen LogP contribution in [0, 0.1) is 0 Å². The molecule has 54 heavy (non-hydrogen) atoms. The highest BCUT2D eigenvalue weighted by atomic mass is 16.4. The lowest BCUT2D eigenvalue weighted by Gasteiger charge is -2.25. The van der Waals surface area contributed by atoms with Crippen molar-refractivity contribution in [3.8, 4) is 5.75 Å². The number of aromatic nitrogens is 1. The topological polar surface area (TPSA) is 248 Å². The van der Waals surface area contributed by atoms with E-state index in [4.69, 9.17) is 0 Å². The SMILES string of the molecule is CNC(=O)[C@H](Cc1c[nH]c2ccccc12)NC(=O)CNC(=O)[C@H](Cc1ccccc1)NC(=O)[C@H](Cc1ccc(O)cc1)NC(=O)[C@H](CC(=O)O)NC(C)=O. The van der Waals surface area contributed by atoms with Crippen molar-refractivity contribution >= 4 is 52.3 Å². The first-order valence-electron chi connectivity index (χ1n) is 17.1. The van der Waals surface area contributed by atoms with Crippen molar-refractivity contribution in [3.63, 3.8) is 0 Å². The largest absolute Gasteiger partial charge is 0.508 e. The Labute approximate surface area is 310 Å². The van der Waals surface area contributed by atoms with Crippen LogP contribution in [0.15, 0.2) is 85.1 Å². The van der Waals surface area contributed by atoms with E-state index in [1.807, 2.05) is 24.3 Å². The Balaban J connectivity index is 1.50. The maximum Gasteiger partial charge on any atom is 0.305 e. The zero-order chi connectivity index (χ0) is 39.2. The number of amides is 6. The summed E-state index contributed by atoms with van der Waals surface area (Å²) in [6, 6.07) is 16.9. The smallest absolute Gasteiger partial charge is 0.305 e. The molecule has 4 aromatic rings. The molecule has 6 amide bonds. The second-order valence-corrected chi connectivity index (χ2v) is 12.5. The minimum Gasteiger partial charge on any atom is -0.508 e. The lowest BCUT2D eigenvalue weighted by Crippen LogP contribution is -2.58. The van der Waals surface area contributed by atoms with Crippen LogP contribution in [0.3, 0.4) is 0 Å². The fourth-order valence-electron chi connectivity index (χ4n) is 5.75. The standard InChI is InChI=1S/C38H43N7O9/c1-22(46)42-32(19-34(49)50)38(54)45-30(17-24-12-14-26(47)15-13-24)37(53)44-29(16-23-8-4-3-5-9-23)36(52)41-21-33(48)43-31(35(51)39-2)18-25-20-40-28-11-7-6-10-27(25)28/h3-15,20,29-32,40,47H,16-19,21H2,1-2H3,(H,39,51)(H,41,52)(H,42,46)(H,43,48)(H,44,53)(H,45,54)(H,49,50)/t29-,30-,31-,32-/m0/s1. The van der Waals surface area contributed by atoms with Crippen molar-refractivity contribution in [1.82, 2.24) is 36.9 Å². The van der Waals surface area contributed by atoms with E-state index in [1.54, 1.807) is 36.5 Å². The van der Waals surface area contributed by atoms with Gasteiger partial charge < -0.3 is 47.1 Å². The van der Waals surface area contributed by atoms with Gasteiger partial charge in [0.1, 0.15) is 29.9 Å². The van der Waals surface area contributed by atoms with Crippen molar-refractivity contribution < 1.29 is 43.8 Å². The van der Waals surface area contributed by atoms with Crippen LogP contribution >= 0.6 is 0 Å². The molecular formula is C38H43N7O9. The predicted molar refractivity (Wildman–Crippen MR) is 197 cm³/mol. The molecule has 16 heteroatoms. The van der Waals surface area contributed by atoms with Crippen LogP contribution in [0.25, 0.3) is 10.9 Å². The summed E-state index contributed by atoms with van der Waals surface area (Å²) in [7, 11) is 1.44. The summed E-state index contributed by atoms with van der Waals surface area (Å²) in [5, 5.41) is 35.1. The molecule has 0 saturated heterocycles. The number of hydrogen-bond acceptors (Lipinski definition) is 8. The number of rotatable bonds is 18. The molecule has 3 aromatic carbocycles. The summed E-state index contributed by atoms with van der Waals surface area (Å²) in [6.45, 7) is 0.570. The average molecular weight is 742 g/mol. The first-order chi connectivity index (χ1) is 25.8. The fourth-order valence-corrected chi connectivity index (χ4v) is 5.75. The van der Waals surface area contributed by atoms with Crippen LogP contribution in [0.2, 0.25) is 0 Å². The summed E-state index contributed by atoms with van der Waals surface area (Å²) < 4.78 is 0. The number of phenolic OH excluding ortho intramolecular Hbond substituents is 1. The minimum absolute atomic E-state index is 0.0190. The van der Waals surface area contributed by atoms with Gasteiger partial charge in [-0.25, -0.2) is 0 Å². The van der Waals surface area contributed by atoms with Crippen molar-refractivity contribution in [2.45, 2.75) is 56.8 Å². The van der Waals surface area contributed by atoms with E-state index in [-0.39, 0.29) is 25.0 Å². The van der Waals surface area contributed by atoms with Crippen molar-refractivity contribution in [3.05, 3.63) is 102 Å². The molecule has 0 bridgehead atoms. The van der Waals surface area contributed by atoms with Crippen LogP contribution in [0.5, 0.6) is 5.75 Å². The van der Waals surface area contributed by atoms with Gasteiger partial charge in [0, 0.05) is 50.3 Å². The van der Waals surface area contributed by atoms with Gasteiger partial charge in [-0.2, -0.15) is 0 Å². The number of carbonyl (C=O) groups is 7. The Kier molecular flexibility index (Phi) is 14.3. The number of nitrogens with one attached hydrogen (secondary N) is 7. The zero-order valence-electron chi connectivity index (χ0n) is 29.7. The molecule has 0 unspecified atom stereocenters. The van der Waals surface area contributed by atoms with Gasteiger partial charge in [-0.15, -0.1) is 0 Å². The number of hydrogen-bond donors (Lipinski definition) is 9. The Hall–Kier alpha value is -6.71. The number of carbonyl (C=O) groups excluding carboxylic acids is 6. The molecular weight excluding hydrogens is 698 g/mol. The number of para-hydroxylation sites is 1. The van der Waals surface area contributed by atoms with Gasteiger partial charge in [0.25, 0.3) is 0 Å². The van der Waals surface area contributed by atoms with E-state index >= 15 is 0 Å². The molecule has 0 fully saturated rings. The molecule has 0 aliphatic carbocycles. The lowest BCUT2D eigenvalue weighted by molar-refractivity contribution is -0.141. The fraction of sp³-hybridized carbons (Fsp3) is 0.289. The lowest BCUT2D eigenvalue weighted by atomic mass is 10.0. The summed E-state index contributed by atoms with van der Waals surface area (Å²) in [5.74, 6) is -5.71. The molecule has 0 aliphatic heterocycles. The number of benzene rings is 3. The first kappa shape index (κ1) is 40.1. The second-order valence-electron chi connectivity index (χ2n) is 12.5. The third-order valence-electron chi connectivity index (χ3n) is 8.42. The Morgan fingerprint density at radius 2 is 1.22 bits per heavy atom. The van der Waals surface area contributed by atoms with E-state index in [0.717, 1.165) is 23.4 Å². The van der Waals surface area contributed by atoms with E-state index in [1.165, 1.54) is 31.3 Å². The summed E-state index contributed by atoms with van der Waals surface area (Å²) in [4.78, 5) is 92.9. The van der Waals surface area contributed by atoms with Crippen LogP contribution < -0.4 is 31.9 Å². The maximum absolute atomic E-state index is 13.9.